The minimum Gasteiger partial charge on any atom is -0.466 e. The first-order valence-corrected chi connectivity index (χ1v) is 8.91. The van der Waals surface area contributed by atoms with Gasteiger partial charge in [0.1, 0.15) is 0 Å². The van der Waals surface area contributed by atoms with Crippen molar-refractivity contribution < 1.29 is 9.53 Å². The largest absolute Gasteiger partial charge is 0.466 e. The Hall–Kier alpha value is -3.33. The highest BCUT2D eigenvalue weighted by Gasteiger charge is 2.04. The van der Waals surface area contributed by atoms with Crippen molar-refractivity contribution in [3.63, 3.8) is 0 Å². The number of methoxy groups -OCH3 is 1. The summed E-state index contributed by atoms with van der Waals surface area (Å²) in [4.78, 5) is 11.3. The number of carbonyl (C=O) groups is 1. The van der Waals surface area contributed by atoms with Gasteiger partial charge in [0, 0.05) is 18.3 Å². The molecule has 0 saturated carbocycles. The van der Waals surface area contributed by atoms with Gasteiger partial charge in [-0.1, -0.05) is 66.7 Å². The summed E-state index contributed by atoms with van der Waals surface area (Å²) in [5, 5.41) is 3.45. The molecule has 136 valence electrons. The van der Waals surface area contributed by atoms with Crippen LogP contribution in [0.15, 0.2) is 78.9 Å². The lowest BCUT2D eigenvalue weighted by Gasteiger charge is -2.12. The molecule has 3 aromatic carbocycles. The van der Waals surface area contributed by atoms with E-state index < -0.39 is 0 Å². The lowest BCUT2D eigenvalue weighted by Crippen LogP contribution is -2.02. The van der Waals surface area contributed by atoms with Gasteiger partial charge in [-0.2, -0.15) is 0 Å². The van der Waals surface area contributed by atoms with Crippen molar-refractivity contribution in [3.8, 4) is 11.1 Å². The van der Waals surface area contributed by atoms with Crippen LogP contribution in [0.1, 0.15) is 16.7 Å². The van der Waals surface area contributed by atoms with Crippen LogP contribution >= 0.6 is 0 Å². The fourth-order valence-electron chi connectivity index (χ4n) is 3.00. The maximum absolute atomic E-state index is 11.3. The molecule has 3 nitrogen and oxygen atoms in total. The van der Waals surface area contributed by atoms with Gasteiger partial charge in [0.15, 0.2) is 0 Å². The minimum atomic E-state index is -0.364. The highest BCUT2D eigenvalue weighted by atomic mass is 16.5. The van der Waals surface area contributed by atoms with Crippen molar-refractivity contribution in [1.82, 2.24) is 0 Å². The summed E-state index contributed by atoms with van der Waals surface area (Å²) in [5.41, 5.74) is 6.86. The number of carbonyl (C=O) groups excluding carboxylic acids is 1. The first-order valence-electron chi connectivity index (χ1n) is 8.91. The predicted octanol–water partition coefficient (Wildman–Crippen LogP) is 5.46. The second-order valence-electron chi connectivity index (χ2n) is 6.31. The quantitative estimate of drug-likeness (QED) is 0.470. The van der Waals surface area contributed by atoms with Crippen molar-refractivity contribution in [2.45, 2.75) is 13.5 Å². The van der Waals surface area contributed by atoms with Crippen LogP contribution in [0.5, 0.6) is 0 Å². The molecule has 0 aliphatic rings. The second kappa shape index (κ2) is 8.86. The molecular formula is C24H23NO2. The third-order valence-corrected chi connectivity index (χ3v) is 4.42. The van der Waals surface area contributed by atoms with E-state index in [2.05, 4.69) is 59.4 Å². The number of ether oxygens (including phenoxy) is 1. The van der Waals surface area contributed by atoms with E-state index in [1.165, 1.54) is 35.4 Å². The Kier molecular flexibility index (Phi) is 6.06. The number of nitrogens with one attached hydrogen (secondary N) is 1. The summed E-state index contributed by atoms with van der Waals surface area (Å²) >= 11 is 0. The number of benzene rings is 3. The Bertz CT molecular complexity index is 946. The predicted molar refractivity (Wildman–Crippen MR) is 111 cm³/mol. The molecular weight excluding hydrogens is 334 g/mol. The van der Waals surface area contributed by atoms with Crippen LogP contribution in [-0.2, 0) is 16.1 Å². The number of esters is 1. The molecule has 0 spiro atoms. The molecule has 0 saturated heterocycles. The van der Waals surface area contributed by atoms with Crippen molar-refractivity contribution >= 4 is 17.7 Å². The van der Waals surface area contributed by atoms with E-state index >= 15 is 0 Å². The minimum absolute atomic E-state index is 0.364. The topological polar surface area (TPSA) is 38.3 Å². The molecule has 0 unspecified atom stereocenters. The monoisotopic (exact) mass is 357 g/mol. The van der Waals surface area contributed by atoms with Crippen LogP contribution in [-0.4, -0.2) is 13.1 Å². The summed E-state index contributed by atoms with van der Waals surface area (Å²) in [7, 11) is 1.37. The van der Waals surface area contributed by atoms with Crippen LogP contribution in [0, 0.1) is 6.92 Å². The van der Waals surface area contributed by atoms with Crippen LogP contribution in [0.2, 0.25) is 0 Å². The molecule has 0 radical (unpaired) electrons. The molecule has 0 fully saturated rings. The number of para-hydroxylation sites is 1. The third-order valence-electron chi connectivity index (χ3n) is 4.42. The van der Waals surface area contributed by atoms with Gasteiger partial charge in [0.25, 0.3) is 0 Å². The average molecular weight is 357 g/mol. The standard InChI is InChI=1S/C24H23NO2/c1-18-16-19(12-14-22(18)20-8-4-3-5-9-20)17-25-23-11-7-6-10-21(23)13-15-24(26)27-2/h3-16,25H,17H2,1-2H3/b15-13+. The van der Waals surface area contributed by atoms with E-state index in [4.69, 9.17) is 0 Å². The number of hydrogen-bond donors (Lipinski definition) is 1. The van der Waals surface area contributed by atoms with Crippen molar-refractivity contribution in [3.05, 3.63) is 95.6 Å². The molecule has 0 heterocycles. The Morgan fingerprint density at radius 1 is 1.00 bits per heavy atom. The molecule has 0 bridgehead atoms. The van der Waals surface area contributed by atoms with E-state index in [1.807, 2.05) is 30.3 Å². The third kappa shape index (κ3) is 4.85. The van der Waals surface area contributed by atoms with Crippen molar-refractivity contribution in [2.24, 2.45) is 0 Å². The fraction of sp³-hybridized carbons (Fsp3) is 0.125. The van der Waals surface area contributed by atoms with E-state index in [0.29, 0.717) is 6.54 Å². The van der Waals surface area contributed by atoms with Crippen LogP contribution < -0.4 is 5.32 Å². The van der Waals surface area contributed by atoms with Crippen LogP contribution in [0.3, 0.4) is 0 Å². The summed E-state index contributed by atoms with van der Waals surface area (Å²) in [5.74, 6) is -0.364. The smallest absolute Gasteiger partial charge is 0.330 e. The van der Waals surface area contributed by atoms with E-state index in [9.17, 15) is 4.79 Å². The highest BCUT2D eigenvalue weighted by molar-refractivity contribution is 5.88. The van der Waals surface area contributed by atoms with Gasteiger partial charge < -0.3 is 10.1 Å². The molecule has 3 rings (SSSR count). The van der Waals surface area contributed by atoms with Gasteiger partial charge in [-0.15, -0.1) is 0 Å². The number of anilines is 1. The van der Waals surface area contributed by atoms with E-state index in [-0.39, 0.29) is 5.97 Å². The summed E-state index contributed by atoms with van der Waals surface area (Å²) < 4.78 is 4.66. The van der Waals surface area contributed by atoms with E-state index in [1.54, 1.807) is 6.08 Å². The number of hydrogen-bond acceptors (Lipinski definition) is 3. The summed E-state index contributed by atoms with van der Waals surface area (Å²) in [6, 6.07) is 24.8. The molecule has 3 heteroatoms. The highest BCUT2D eigenvalue weighted by Crippen LogP contribution is 2.25. The Morgan fingerprint density at radius 2 is 1.74 bits per heavy atom. The fourth-order valence-corrected chi connectivity index (χ4v) is 3.00. The molecule has 0 aliphatic carbocycles. The Balaban J connectivity index is 1.73. The second-order valence-corrected chi connectivity index (χ2v) is 6.31. The molecule has 27 heavy (non-hydrogen) atoms. The molecule has 0 aliphatic heterocycles. The van der Waals surface area contributed by atoms with Gasteiger partial charge in [-0.05, 0) is 46.9 Å². The Labute approximate surface area is 160 Å². The molecule has 0 atom stereocenters. The lowest BCUT2D eigenvalue weighted by molar-refractivity contribution is -0.134. The van der Waals surface area contributed by atoms with Gasteiger partial charge in [0.05, 0.1) is 7.11 Å². The molecule has 3 aromatic rings. The number of aryl methyl sites for hydroxylation is 1. The maximum atomic E-state index is 11.3. The van der Waals surface area contributed by atoms with Gasteiger partial charge >= 0.3 is 5.97 Å². The normalized spacial score (nSPS) is 10.7. The Morgan fingerprint density at radius 3 is 2.48 bits per heavy atom. The molecule has 1 N–H and O–H groups in total. The number of rotatable bonds is 6. The van der Waals surface area contributed by atoms with Gasteiger partial charge in [0.2, 0.25) is 0 Å². The zero-order chi connectivity index (χ0) is 19.1. The average Bonchev–Trinajstić information content (AvgIpc) is 2.71. The van der Waals surface area contributed by atoms with Gasteiger partial charge in [-0.25, -0.2) is 4.79 Å². The first-order chi connectivity index (χ1) is 13.2. The van der Waals surface area contributed by atoms with Crippen LogP contribution in [0.4, 0.5) is 5.69 Å². The molecule has 0 aromatic heterocycles. The zero-order valence-corrected chi connectivity index (χ0v) is 15.6. The van der Waals surface area contributed by atoms with Crippen molar-refractivity contribution in [1.29, 1.82) is 0 Å². The van der Waals surface area contributed by atoms with Crippen molar-refractivity contribution in [2.75, 3.05) is 12.4 Å². The SMILES string of the molecule is COC(=O)/C=C/c1ccccc1NCc1ccc(-c2ccccc2)c(C)c1. The first kappa shape index (κ1) is 18.5. The van der Waals surface area contributed by atoms with E-state index in [0.717, 1.165) is 11.3 Å². The summed E-state index contributed by atoms with van der Waals surface area (Å²) in [6.07, 6.45) is 3.19. The zero-order valence-electron chi connectivity index (χ0n) is 15.6. The van der Waals surface area contributed by atoms with Gasteiger partial charge in [-0.3, -0.25) is 0 Å². The van der Waals surface area contributed by atoms with Crippen LogP contribution in [0.25, 0.3) is 17.2 Å². The summed E-state index contributed by atoms with van der Waals surface area (Å²) in [6.45, 7) is 2.85. The maximum Gasteiger partial charge on any atom is 0.330 e. The molecule has 0 amide bonds. The lowest BCUT2D eigenvalue weighted by atomic mass is 9.98.